The van der Waals surface area contributed by atoms with Gasteiger partial charge in [-0.05, 0) is 49.2 Å². The van der Waals surface area contributed by atoms with Crippen LogP contribution in [0.15, 0.2) is 41.0 Å². The molecule has 20 heavy (non-hydrogen) atoms. The van der Waals surface area contributed by atoms with Crippen LogP contribution in [0.4, 0.5) is 0 Å². The predicted octanol–water partition coefficient (Wildman–Crippen LogP) is 4.22. The van der Waals surface area contributed by atoms with Crippen LogP contribution >= 0.6 is 15.9 Å². The molecule has 0 aliphatic rings. The molecule has 0 radical (unpaired) electrons. The highest BCUT2D eigenvalue weighted by molar-refractivity contribution is 9.10. The van der Waals surface area contributed by atoms with Gasteiger partial charge in [-0.3, -0.25) is 4.98 Å². The Morgan fingerprint density at radius 2 is 2.05 bits per heavy atom. The molecule has 106 valence electrons. The van der Waals surface area contributed by atoms with E-state index in [0.29, 0.717) is 0 Å². The minimum atomic E-state index is 0.285. The van der Waals surface area contributed by atoms with Gasteiger partial charge in [0.25, 0.3) is 0 Å². The molecular weight excluding hydrogens is 312 g/mol. The quantitative estimate of drug-likeness (QED) is 0.886. The second kappa shape index (κ2) is 7.00. The molecule has 0 fully saturated rings. The monoisotopic (exact) mass is 332 g/mol. The molecule has 0 spiro atoms. The van der Waals surface area contributed by atoms with E-state index in [1.165, 1.54) is 16.7 Å². The lowest BCUT2D eigenvalue weighted by Crippen LogP contribution is -2.20. The van der Waals surface area contributed by atoms with Gasteiger partial charge < -0.3 is 5.32 Å². The standard InChI is InChI=1S/C17H21BrN2/c1-4-13-8-9-14(20-11-13)10-17(19-3)15-6-5-7-16(18)12(15)2/h5-9,11,17,19H,4,10H2,1-3H3. The van der Waals surface area contributed by atoms with Crippen molar-refractivity contribution in [2.45, 2.75) is 32.7 Å². The Morgan fingerprint density at radius 1 is 1.25 bits per heavy atom. The van der Waals surface area contributed by atoms with Gasteiger partial charge >= 0.3 is 0 Å². The number of hydrogen-bond acceptors (Lipinski definition) is 2. The molecule has 0 saturated heterocycles. The van der Waals surface area contributed by atoms with E-state index in [9.17, 15) is 0 Å². The van der Waals surface area contributed by atoms with E-state index < -0.39 is 0 Å². The van der Waals surface area contributed by atoms with Gasteiger partial charge in [-0.15, -0.1) is 0 Å². The number of nitrogens with zero attached hydrogens (tertiary/aromatic N) is 1. The topological polar surface area (TPSA) is 24.9 Å². The summed E-state index contributed by atoms with van der Waals surface area (Å²) in [7, 11) is 2.01. The first-order valence-corrected chi connectivity index (χ1v) is 7.81. The highest BCUT2D eigenvalue weighted by Crippen LogP contribution is 2.26. The van der Waals surface area contributed by atoms with Gasteiger partial charge in [0.05, 0.1) is 0 Å². The summed E-state index contributed by atoms with van der Waals surface area (Å²) < 4.78 is 1.16. The van der Waals surface area contributed by atoms with Crippen molar-refractivity contribution >= 4 is 15.9 Å². The Hall–Kier alpha value is -1.19. The SMILES string of the molecule is CCc1ccc(CC(NC)c2cccc(Br)c2C)nc1. The molecule has 1 aromatic carbocycles. The Bertz CT molecular complexity index is 564. The van der Waals surface area contributed by atoms with Gasteiger partial charge in [0.2, 0.25) is 0 Å². The molecule has 1 aromatic heterocycles. The van der Waals surface area contributed by atoms with Crippen LogP contribution in [0, 0.1) is 6.92 Å². The number of pyridine rings is 1. The zero-order valence-corrected chi connectivity index (χ0v) is 13.9. The van der Waals surface area contributed by atoms with E-state index in [2.05, 4.69) is 70.4 Å². The molecule has 2 aromatic rings. The van der Waals surface area contributed by atoms with Crippen molar-refractivity contribution in [2.24, 2.45) is 0 Å². The number of likely N-dealkylation sites (N-methyl/N-ethyl adjacent to an activating group) is 1. The number of halogens is 1. The molecule has 0 aliphatic heterocycles. The lowest BCUT2D eigenvalue weighted by atomic mass is 9.97. The lowest BCUT2D eigenvalue weighted by Gasteiger charge is -2.19. The first-order chi connectivity index (χ1) is 9.65. The van der Waals surface area contributed by atoms with Gasteiger partial charge in [-0.1, -0.05) is 41.1 Å². The summed E-state index contributed by atoms with van der Waals surface area (Å²) in [4.78, 5) is 4.56. The van der Waals surface area contributed by atoms with Crippen LogP contribution in [0.2, 0.25) is 0 Å². The van der Waals surface area contributed by atoms with Crippen molar-refractivity contribution < 1.29 is 0 Å². The minimum Gasteiger partial charge on any atom is -0.313 e. The van der Waals surface area contributed by atoms with Crippen LogP contribution in [-0.4, -0.2) is 12.0 Å². The zero-order chi connectivity index (χ0) is 14.5. The fourth-order valence-corrected chi connectivity index (χ4v) is 2.74. The minimum absolute atomic E-state index is 0.285. The average Bonchev–Trinajstić information content (AvgIpc) is 2.48. The largest absolute Gasteiger partial charge is 0.313 e. The Morgan fingerprint density at radius 3 is 2.65 bits per heavy atom. The summed E-state index contributed by atoms with van der Waals surface area (Å²) in [5, 5.41) is 3.40. The maximum atomic E-state index is 4.56. The second-order valence-corrected chi connectivity index (χ2v) is 5.87. The van der Waals surface area contributed by atoms with Crippen molar-refractivity contribution in [3.8, 4) is 0 Å². The number of aryl methyl sites for hydroxylation is 1. The van der Waals surface area contributed by atoms with E-state index >= 15 is 0 Å². The molecule has 2 rings (SSSR count). The predicted molar refractivity (Wildman–Crippen MR) is 88.0 cm³/mol. The Balaban J connectivity index is 2.21. The van der Waals surface area contributed by atoms with Crippen LogP contribution in [0.25, 0.3) is 0 Å². The molecule has 0 bridgehead atoms. The average molecular weight is 333 g/mol. The third kappa shape index (κ3) is 3.47. The fourth-order valence-electron chi connectivity index (χ4n) is 2.36. The van der Waals surface area contributed by atoms with E-state index in [-0.39, 0.29) is 6.04 Å². The van der Waals surface area contributed by atoms with Crippen molar-refractivity contribution in [1.82, 2.24) is 10.3 Å². The van der Waals surface area contributed by atoms with E-state index in [1.54, 1.807) is 0 Å². The second-order valence-electron chi connectivity index (χ2n) is 5.01. The molecule has 1 heterocycles. The van der Waals surface area contributed by atoms with Crippen LogP contribution in [0.3, 0.4) is 0 Å². The van der Waals surface area contributed by atoms with Gasteiger partial charge in [0.15, 0.2) is 0 Å². The molecule has 1 unspecified atom stereocenters. The van der Waals surface area contributed by atoms with Gasteiger partial charge in [0, 0.05) is 28.8 Å². The molecule has 0 saturated carbocycles. The summed E-state index contributed by atoms with van der Waals surface area (Å²) in [6.45, 7) is 4.30. The Kier molecular flexibility index (Phi) is 5.32. The summed E-state index contributed by atoms with van der Waals surface area (Å²) in [6.07, 6.45) is 3.92. The van der Waals surface area contributed by atoms with Crippen LogP contribution < -0.4 is 5.32 Å². The van der Waals surface area contributed by atoms with E-state index in [0.717, 1.165) is 23.0 Å². The van der Waals surface area contributed by atoms with E-state index in [4.69, 9.17) is 0 Å². The van der Waals surface area contributed by atoms with E-state index in [1.807, 2.05) is 13.2 Å². The van der Waals surface area contributed by atoms with Crippen LogP contribution in [-0.2, 0) is 12.8 Å². The van der Waals surface area contributed by atoms with Gasteiger partial charge in [0.1, 0.15) is 0 Å². The maximum Gasteiger partial charge on any atom is 0.0422 e. The number of hydrogen-bond donors (Lipinski definition) is 1. The normalized spacial score (nSPS) is 12.4. The molecular formula is C17H21BrN2. The van der Waals surface area contributed by atoms with Crippen LogP contribution in [0.1, 0.15) is 35.3 Å². The third-order valence-corrected chi connectivity index (χ3v) is 4.60. The highest BCUT2D eigenvalue weighted by Gasteiger charge is 2.14. The van der Waals surface area contributed by atoms with Crippen molar-refractivity contribution in [1.29, 1.82) is 0 Å². The number of nitrogens with one attached hydrogen (secondary N) is 1. The fraction of sp³-hybridized carbons (Fsp3) is 0.353. The van der Waals surface area contributed by atoms with Crippen LogP contribution in [0.5, 0.6) is 0 Å². The third-order valence-electron chi connectivity index (χ3n) is 3.74. The highest BCUT2D eigenvalue weighted by atomic mass is 79.9. The molecule has 0 aliphatic carbocycles. The Labute approximate surface area is 129 Å². The van der Waals surface area contributed by atoms with Gasteiger partial charge in [-0.25, -0.2) is 0 Å². The zero-order valence-electron chi connectivity index (χ0n) is 12.3. The number of aromatic nitrogens is 1. The number of rotatable bonds is 5. The molecule has 1 N–H and O–H groups in total. The molecule has 3 heteroatoms. The maximum absolute atomic E-state index is 4.56. The number of benzene rings is 1. The summed E-state index contributed by atoms with van der Waals surface area (Å²) in [5.41, 5.74) is 5.02. The summed E-state index contributed by atoms with van der Waals surface area (Å²) in [5.74, 6) is 0. The smallest absolute Gasteiger partial charge is 0.0422 e. The molecule has 2 nitrogen and oxygen atoms in total. The van der Waals surface area contributed by atoms with Crippen molar-refractivity contribution in [3.05, 3.63) is 63.4 Å². The first-order valence-electron chi connectivity index (χ1n) is 7.01. The van der Waals surface area contributed by atoms with Gasteiger partial charge in [-0.2, -0.15) is 0 Å². The summed E-state index contributed by atoms with van der Waals surface area (Å²) >= 11 is 3.60. The van der Waals surface area contributed by atoms with Crippen molar-refractivity contribution in [2.75, 3.05) is 7.05 Å². The lowest BCUT2D eigenvalue weighted by molar-refractivity contribution is 0.581. The molecule has 0 amide bonds. The molecule has 1 atom stereocenters. The first kappa shape index (κ1) is 15.2. The van der Waals surface area contributed by atoms with Crippen molar-refractivity contribution in [3.63, 3.8) is 0 Å². The summed E-state index contributed by atoms with van der Waals surface area (Å²) in [6, 6.07) is 10.9.